The van der Waals surface area contributed by atoms with Crippen molar-refractivity contribution in [3.8, 4) is 28.0 Å². The molecule has 3 nitrogen and oxygen atoms in total. The van der Waals surface area contributed by atoms with Crippen LogP contribution in [0.3, 0.4) is 0 Å². The molecule has 1 fully saturated rings. The Balaban J connectivity index is 1.55. The predicted molar refractivity (Wildman–Crippen MR) is 112 cm³/mol. The average Bonchev–Trinajstić information content (AvgIpc) is 2.79. The van der Waals surface area contributed by atoms with Crippen LogP contribution in [0, 0.1) is 23.4 Å². The van der Waals surface area contributed by atoms with Crippen LogP contribution >= 0.6 is 0 Å². The maximum Gasteiger partial charge on any atom is 0.190 e. The van der Waals surface area contributed by atoms with Crippen molar-refractivity contribution in [1.82, 2.24) is 0 Å². The monoisotopic (exact) mass is 446 g/mol. The van der Waals surface area contributed by atoms with Crippen LogP contribution < -0.4 is 4.74 Å². The second kappa shape index (κ2) is 9.71. The van der Waals surface area contributed by atoms with Gasteiger partial charge in [0.25, 0.3) is 0 Å². The average molecular weight is 446 g/mol. The van der Waals surface area contributed by atoms with Crippen LogP contribution in [0.15, 0.2) is 54.6 Å². The highest BCUT2D eigenvalue weighted by Gasteiger charge is 2.21. The molecule has 0 N–H and O–H groups in total. The molecular formula is C25H22F4O3. The lowest BCUT2D eigenvalue weighted by Crippen LogP contribution is -2.24. The fourth-order valence-electron chi connectivity index (χ4n) is 3.55. The van der Waals surface area contributed by atoms with Gasteiger partial charge in [0.15, 0.2) is 23.7 Å². The Kier molecular flexibility index (Phi) is 6.77. The van der Waals surface area contributed by atoms with Crippen molar-refractivity contribution in [2.75, 3.05) is 26.5 Å². The van der Waals surface area contributed by atoms with Gasteiger partial charge >= 0.3 is 0 Å². The normalized spacial score (nSPS) is 18.5. The summed E-state index contributed by atoms with van der Waals surface area (Å²) in [6.45, 7) is 1.96. The summed E-state index contributed by atoms with van der Waals surface area (Å²) >= 11 is 0. The van der Waals surface area contributed by atoms with Gasteiger partial charge in [-0.25, -0.2) is 17.6 Å². The third-order valence-electron chi connectivity index (χ3n) is 5.18. The molecule has 0 aromatic heterocycles. The van der Waals surface area contributed by atoms with Crippen molar-refractivity contribution in [2.45, 2.75) is 13.2 Å². The molecule has 0 bridgehead atoms. The van der Waals surface area contributed by atoms with E-state index in [1.165, 1.54) is 12.1 Å². The summed E-state index contributed by atoms with van der Waals surface area (Å²) in [5, 5.41) is 0. The predicted octanol–water partition coefficient (Wildman–Crippen LogP) is 6.47. The minimum absolute atomic E-state index is 0.0211. The van der Waals surface area contributed by atoms with Gasteiger partial charge in [0, 0.05) is 17.0 Å². The van der Waals surface area contributed by atoms with Crippen LogP contribution in [0.2, 0.25) is 0 Å². The van der Waals surface area contributed by atoms with E-state index in [0.29, 0.717) is 24.7 Å². The van der Waals surface area contributed by atoms with E-state index in [-0.39, 0.29) is 11.1 Å². The van der Waals surface area contributed by atoms with Gasteiger partial charge in [0.05, 0.1) is 13.2 Å². The fraction of sp³-hybridized carbons (Fsp3) is 0.280. The van der Waals surface area contributed by atoms with Gasteiger partial charge in [-0.05, 0) is 34.9 Å². The Bertz CT molecular complexity index is 1050. The topological polar surface area (TPSA) is 27.7 Å². The van der Waals surface area contributed by atoms with Gasteiger partial charge in [-0.3, -0.25) is 0 Å². The summed E-state index contributed by atoms with van der Waals surface area (Å²) in [5.41, 5.74) is 2.32. The molecule has 0 atom stereocenters. The molecule has 32 heavy (non-hydrogen) atoms. The number of alkyl halides is 1. The van der Waals surface area contributed by atoms with E-state index in [1.54, 1.807) is 6.07 Å². The third kappa shape index (κ3) is 4.79. The van der Waals surface area contributed by atoms with Crippen molar-refractivity contribution < 1.29 is 31.8 Å². The van der Waals surface area contributed by atoms with Crippen molar-refractivity contribution in [2.24, 2.45) is 5.92 Å². The van der Waals surface area contributed by atoms with E-state index >= 15 is 0 Å². The number of benzene rings is 3. The largest absolute Gasteiger partial charge is 0.485 e. The molecule has 168 valence electrons. The number of hydrogen-bond donors (Lipinski definition) is 0. The lowest BCUT2D eigenvalue weighted by Gasteiger charge is -2.27. The maximum atomic E-state index is 14.8. The lowest BCUT2D eigenvalue weighted by molar-refractivity contribution is -0.202. The van der Waals surface area contributed by atoms with Gasteiger partial charge in [0.2, 0.25) is 0 Å². The zero-order chi connectivity index (χ0) is 22.7. The molecule has 0 amide bonds. The quantitative estimate of drug-likeness (QED) is 0.406. The molecule has 4 rings (SSSR count). The number of rotatable bonds is 6. The SMILES string of the molecule is CC1COC(c2ccc(-c3ccc(-c4cc(F)c(OCCF)c(F)c4)c(F)c3)cc2)OC1. The summed E-state index contributed by atoms with van der Waals surface area (Å²) in [5.74, 6) is -2.99. The van der Waals surface area contributed by atoms with Crippen molar-refractivity contribution in [1.29, 1.82) is 0 Å². The van der Waals surface area contributed by atoms with E-state index in [1.807, 2.05) is 24.3 Å². The molecule has 1 saturated heterocycles. The molecule has 0 aliphatic carbocycles. The minimum Gasteiger partial charge on any atom is -0.485 e. The van der Waals surface area contributed by atoms with Crippen molar-refractivity contribution in [3.05, 3.63) is 77.6 Å². The molecule has 1 aliphatic heterocycles. The Morgan fingerprint density at radius 1 is 0.812 bits per heavy atom. The van der Waals surface area contributed by atoms with Crippen LogP contribution in [0.25, 0.3) is 22.3 Å². The van der Waals surface area contributed by atoms with E-state index in [2.05, 4.69) is 6.92 Å². The molecule has 3 aromatic carbocycles. The molecule has 0 saturated carbocycles. The number of ether oxygens (including phenoxy) is 3. The smallest absolute Gasteiger partial charge is 0.190 e. The van der Waals surface area contributed by atoms with Crippen molar-refractivity contribution >= 4 is 0 Å². The molecule has 0 spiro atoms. The molecule has 0 radical (unpaired) electrons. The second-order valence-electron chi connectivity index (χ2n) is 7.73. The van der Waals surface area contributed by atoms with Crippen LogP contribution in [-0.4, -0.2) is 26.5 Å². The first-order valence-electron chi connectivity index (χ1n) is 10.3. The Morgan fingerprint density at radius 2 is 1.41 bits per heavy atom. The lowest BCUT2D eigenvalue weighted by atomic mass is 9.98. The first kappa shape index (κ1) is 22.3. The number of hydrogen-bond acceptors (Lipinski definition) is 3. The summed E-state index contributed by atoms with van der Waals surface area (Å²) in [7, 11) is 0. The van der Waals surface area contributed by atoms with Gasteiger partial charge in [0.1, 0.15) is 19.1 Å². The van der Waals surface area contributed by atoms with Crippen LogP contribution in [0.4, 0.5) is 17.6 Å². The molecule has 1 aliphatic rings. The first-order valence-corrected chi connectivity index (χ1v) is 10.3. The number of halogens is 4. The van der Waals surface area contributed by atoms with Gasteiger partial charge < -0.3 is 14.2 Å². The molecule has 7 heteroatoms. The first-order chi connectivity index (χ1) is 15.5. The molecular weight excluding hydrogens is 424 g/mol. The van der Waals surface area contributed by atoms with E-state index < -0.39 is 42.8 Å². The fourth-order valence-corrected chi connectivity index (χ4v) is 3.55. The summed E-state index contributed by atoms with van der Waals surface area (Å²) in [6, 6.07) is 13.8. The van der Waals surface area contributed by atoms with E-state index in [4.69, 9.17) is 14.2 Å². The summed E-state index contributed by atoms with van der Waals surface area (Å²) in [6.07, 6.45) is -0.416. The Morgan fingerprint density at radius 3 is 2.00 bits per heavy atom. The minimum atomic E-state index is -1.02. The van der Waals surface area contributed by atoms with Crippen LogP contribution in [0.1, 0.15) is 18.8 Å². The summed E-state index contributed by atoms with van der Waals surface area (Å²) < 4.78 is 71.5. The van der Waals surface area contributed by atoms with Crippen LogP contribution in [-0.2, 0) is 9.47 Å². The zero-order valence-corrected chi connectivity index (χ0v) is 17.4. The van der Waals surface area contributed by atoms with Gasteiger partial charge in [-0.2, -0.15) is 0 Å². The summed E-state index contributed by atoms with van der Waals surface area (Å²) in [4.78, 5) is 0. The van der Waals surface area contributed by atoms with Crippen LogP contribution in [0.5, 0.6) is 5.75 Å². The van der Waals surface area contributed by atoms with E-state index in [0.717, 1.165) is 23.3 Å². The molecule has 0 unspecified atom stereocenters. The highest BCUT2D eigenvalue weighted by Crippen LogP contribution is 2.33. The zero-order valence-electron chi connectivity index (χ0n) is 17.4. The van der Waals surface area contributed by atoms with Gasteiger partial charge in [-0.15, -0.1) is 0 Å². The Hall–Kier alpha value is -2.90. The van der Waals surface area contributed by atoms with Gasteiger partial charge in [-0.1, -0.05) is 43.3 Å². The molecule has 1 heterocycles. The van der Waals surface area contributed by atoms with Crippen molar-refractivity contribution in [3.63, 3.8) is 0 Å². The van der Waals surface area contributed by atoms with E-state index in [9.17, 15) is 17.6 Å². The second-order valence-corrected chi connectivity index (χ2v) is 7.73. The molecule has 3 aromatic rings. The third-order valence-corrected chi connectivity index (χ3v) is 5.18. The Labute approximate surface area is 183 Å². The standard InChI is InChI=1S/C25H22F4O3/c1-15-13-31-25(32-14-15)17-4-2-16(3-5-17)18-6-7-20(21(27)10-18)19-11-22(28)24(23(29)12-19)30-9-8-26/h2-7,10-12,15,25H,8-9,13-14H2,1H3. The maximum absolute atomic E-state index is 14.8. The highest BCUT2D eigenvalue weighted by molar-refractivity contribution is 5.71. The highest BCUT2D eigenvalue weighted by atomic mass is 19.1.